The van der Waals surface area contributed by atoms with Gasteiger partial charge in [0.05, 0.1) is 12.5 Å². The maximum Gasteiger partial charge on any atom is 0.327 e. The van der Waals surface area contributed by atoms with Crippen LogP contribution in [0.25, 0.3) is 0 Å². The first-order valence-corrected chi connectivity index (χ1v) is 7.06. The lowest BCUT2D eigenvalue weighted by Crippen LogP contribution is -2.47. The number of thioether (sulfide) groups is 1. The molecule has 1 aliphatic heterocycles. The van der Waals surface area contributed by atoms with Crippen LogP contribution in [-0.2, 0) is 9.59 Å². The average molecular weight is 283 g/mol. The average Bonchev–Trinajstić information content (AvgIpc) is 2.94. The van der Waals surface area contributed by atoms with E-state index in [1.807, 2.05) is 0 Å². The Morgan fingerprint density at radius 1 is 1.47 bits per heavy atom. The molecule has 2 atom stereocenters. The molecule has 2 rings (SSSR count). The van der Waals surface area contributed by atoms with E-state index in [1.165, 1.54) is 22.9 Å². The summed E-state index contributed by atoms with van der Waals surface area (Å²) in [6.45, 7) is 5.39. The molecule has 2 unspecified atom stereocenters. The van der Waals surface area contributed by atoms with Crippen LogP contribution < -0.4 is 0 Å². The summed E-state index contributed by atoms with van der Waals surface area (Å²) in [4.78, 5) is 25.3. The molecule has 1 N–H and O–H groups in total. The van der Waals surface area contributed by atoms with Crippen molar-refractivity contribution in [1.29, 1.82) is 0 Å². The fourth-order valence-corrected chi connectivity index (χ4v) is 3.40. The normalized spacial score (nSPS) is 23.6. The molecule has 6 heteroatoms. The highest BCUT2D eigenvalue weighted by Crippen LogP contribution is 2.43. The van der Waals surface area contributed by atoms with Gasteiger partial charge < -0.3 is 14.4 Å². The molecule has 0 bridgehead atoms. The highest BCUT2D eigenvalue weighted by molar-refractivity contribution is 7.99. The zero-order valence-corrected chi connectivity index (χ0v) is 11.9. The number of carboxylic acids is 1. The lowest BCUT2D eigenvalue weighted by Gasteiger charge is -2.32. The van der Waals surface area contributed by atoms with Gasteiger partial charge in [-0.2, -0.15) is 0 Å². The summed E-state index contributed by atoms with van der Waals surface area (Å²) in [6.07, 6.45) is 3.09. The zero-order valence-electron chi connectivity index (χ0n) is 11.1. The molecule has 1 aromatic rings. The molecule has 0 aromatic carbocycles. The number of furan rings is 1. The van der Waals surface area contributed by atoms with Crippen molar-refractivity contribution in [3.63, 3.8) is 0 Å². The van der Waals surface area contributed by atoms with Crippen LogP contribution in [0.2, 0.25) is 0 Å². The van der Waals surface area contributed by atoms with E-state index in [4.69, 9.17) is 4.42 Å². The Labute approximate surface area is 116 Å². The number of carbonyl (C=O) groups is 2. The molecule has 0 radical (unpaired) electrons. The third-order valence-electron chi connectivity index (χ3n) is 2.99. The first kappa shape index (κ1) is 14.0. The van der Waals surface area contributed by atoms with Gasteiger partial charge in [-0.15, -0.1) is 11.8 Å². The second-order valence-electron chi connectivity index (χ2n) is 5.56. The number of hydrogen-bond acceptors (Lipinski definition) is 4. The molecule has 0 saturated carbocycles. The highest BCUT2D eigenvalue weighted by Gasteiger charge is 2.45. The Bertz CT molecular complexity index is 477. The minimum Gasteiger partial charge on any atom is -0.480 e. The highest BCUT2D eigenvalue weighted by atomic mass is 32.2. The van der Waals surface area contributed by atoms with E-state index in [0.29, 0.717) is 5.75 Å². The first-order chi connectivity index (χ1) is 8.82. The minimum atomic E-state index is -0.962. The van der Waals surface area contributed by atoms with Crippen molar-refractivity contribution in [2.45, 2.75) is 32.2 Å². The summed E-state index contributed by atoms with van der Waals surface area (Å²) in [7, 11) is 0. The van der Waals surface area contributed by atoms with Crippen LogP contribution in [0.3, 0.4) is 0 Å². The summed E-state index contributed by atoms with van der Waals surface area (Å²) in [5.41, 5.74) is 0.215. The molecular weight excluding hydrogens is 266 g/mol. The lowest BCUT2D eigenvalue weighted by molar-refractivity contribution is -0.153. The lowest BCUT2D eigenvalue weighted by atomic mass is 9.93. The number of carbonyl (C=O) groups excluding carboxylic acids is 1. The monoisotopic (exact) mass is 283 g/mol. The summed E-state index contributed by atoms with van der Waals surface area (Å²) in [5, 5.41) is 9.00. The van der Waals surface area contributed by atoms with Crippen molar-refractivity contribution < 1.29 is 19.1 Å². The zero-order chi connectivity index (χ0) is 14.2. The number of amides is 1. The molecule has 5 nitrogen and oxygen atoms in total. The number of carboxylic acid groups (broad SMARTS) is 1. The summed E-state index contributed by atoms with van der Waals surface area (Å²) in [5.74, 6) is -0.723. The van der Waals surface area contributed by atoms with Crippen molar-refractivity contribution in [2.75, 3.05) is 5.75 Å². The summed E-state index contributed by atoms with van der Waals surface area (Å²) < 4.78 is 5.04. The molecule has 1 amide bonds. The second-order valence-corrected chi connectivity index (χ2v) is 6.67. The van der Waals surface area contributed by atoms with Gasteiger partial charge >= 0.3 is 5.97 Å². The summed E-state index contributed by atoms with van der Waals surface area (Å²) >= 11 is 1.45. The largest absolute Gasteiger partial charge is 0.480 e. The van der Waals surface area contributed by atoms with Crippen LogP contribution in [0, 0.1) is 5.41 Å². The number of aliphatic carboxylic acids is 1. The number of hydrogen-bond donors (Lipinski definition) is 1. The molecule has 19 heavy (non-hydrogen) atoms. The van der Waals surface area contributed by atoms with Crippen molar-refractivity contribution >= 4 is 23.6 Å². The van der Waals surface area contributed by atoms with Gasteiger partial charge in [0.25, 0.3) is 0 Å². The standard InChI is InChI=1S/C13H17NO4S/c1-13(2,3)12(17)14-9(11(15)16)7-19-10(14)8-4-5-18-6-8/h4-6,9-10H,7H2,1-3H3,(H,15,16). The molecule has 0 aliphatic carbocycles. The van der Waals surface area contributed by atoms with Gasteiger partial charge in [-0.3, -0.25) is 4.79 Å². The summed E-state index contributed by atoms with van der Waals surface area (Å²) in [6, 6.07) is 0.988. The Hall–Kier alpha value is -1.43. The van der Waals surface area contributed by atoms with E-state index in [0.717, 1.165) is 5.56 Å². The fourth-order valence-electron chi connectivity index (χ4n) is 2.00. The van der Waals surface area contributed by atoms with Crippen LogP contribution in [0.15, 0.2) is 23.0 Å². The van der Waals surface area contributed by atoms with Crippen LogP contribution >= 0.6 is 11.8 Å². The van der Waals surface area contributed by atoms with Gasteiger partial charge in [-0.25, -0.2) is 4.79 Å². The maximum absolute atomic E-state index is 12.5. The molecule has 1 aromatic heterocycles. The van der Waals surface area contributed by atoms with Crippen molar-refractivity contribution in [3.8, 4) is 0 Å². The number of nitrogens with zero attached hydrogens (tertiary/aromatic N) is 1. The Kier molecular flexibility index (Phi) is 3.62. The predicted molar refractivity (Wildman–Crippen MR) is 71.6 cm³/mol. The minimum absolute atomic E-state index is 0.156. The Morgan fingerprint density at radius 2 is 2.16 bits per heavy atom. The van der Waals surface area contributed by atoms with Crippen LogP contribution in [0.5, 0.6) is 0 Å². The third-order valence-corrected chi connectivity index (χ3v) is 4.31. The van der Waals surface area contributed by atoms with Crippen molar-refractivity contribution in [2.24, 2.45) is 5.41 Å². The van der Waals surface area contributed by atoms with Crippen LogP contribution in [0.4, 0.5) is 0 Å². The number of rotatable bonds is 2. The molecule has 1 fully saturated rings. The van der Waals surface area contributed by atoms with E-state index < -0.39 is 17.4 Å². The predicted octanol–water partition coefficient (Wildman–Crippen LogP) is 2.35. The van der Waals surface area contributed by atoms with Gasteiger partial charge in [0.1, 0.15) is 11.4 Å². The topological polar surface area (TPSA) is 70.8 Å². The quantitative estimate of drug-likeness (QED) is 0.902. The molecule has 104 valence electrons. The fraction of sp³-hybridized carbons (Fsp3) is 0.538. The SMILES string of the molecule is CC(C)(C)C(=O)N1C(C(=O)O)CSC1c1ccoc1. The third kappa shape index (κ3) is 2.63. The Morgan fingerprint density at radius 3 is 2.63 bits per heavy atom. The van der Waals surface area contributed by atoms with E-state index in [1.54, 1.807) is 33.1 Å². The van der Waals surface area contributed by atoms with Crippen molar-refractivity contribution in [3.05, 3.63) is 24.2 Å². The Balaban J connectivity index is 2.35. The van der Waals surface area contributed by atoms with E-state index in [9.17, 15) is 14.7 Å². The smallest absolute Gasteiger partial charge is 0.327 e. The second kappa shape index (κ2) is 4.92. The van der Waals surface area contributed by atoms with Crippen LogP contribution in [0.1, 0.15) is 31.7 Å². The molecular formula is C13H17NO4S. The van der Waals surface area contributed by atoms with Gasteiger partial charge in [-0.1, -0.05) is 20.8 Å². The molecule has 1 saturated heterocycles. The van der Waals surface area contributed by atoms with E-state index in [-0.39, 0.29) is 11.3 Å². The van der Waals surface area contributed by atoms with E-state index >= 15 is 0 Å². The van der Waals surface area contributed by atoms with Crippen molar-refractivity contribution in [1.82, 2.24) is 4.90 Å². The van der Waals surface area contributed by atoms with Gasteiger partial charge in [0.2, 0.25) is 5.91 Å². The molecule has 2 heterocycles. The van der Waals surface area contributed by atoms with Gasteiger partial charge in [0.15, 0.2) is 0 Å². The van der Waals surface area contributed by atoms with Gasteiger partial charge in [-0.05, 0) is 6.07 Å². The van der Waals surface area contributed by atoms with E-state index in [2.05, 4.69) is 0 Å². The molecule has 0 spiro atoms. The van der Waals surface area contributed by atoms with Gasteiger partial charge in [0, 0.05) is 16.7 Å². The van der Waals surface area contributed by atoms with Crippen LogP contribution in [-0.4, -0.2) is 33.7 Å². The first-order valence-electron chi connectivity index (χ1n) is 6.01. The maximum atomic E-state index is 12.5. The molecule has 1 aliphatic rings.